The minimum absolute atomic E-state index is 0. The van der Waals surface area contributed by atoms with Gasteiger partial charge in [-0.15, -0.1) is 0 Å². The second-order valence-electron chi connectivity index (χ2n) is 5.73. The van der Waals surface area contributed by atoms with Crippen LogP contribution >= 0.6 is 0 Å². The van der Waals surface area contributed by atoms with Gasteiger partial charge in [-0.2, -0.15) is 0 Å². The third kappa shape index (κ3) is 22.2. The zero-order chi connectivity index (χ0) is 14.9. The molecule has 0 aliphatic heterocycles. The number of carboxylic acid groups (broad SMARTS) is 1. The molecule has 0 saturated heterocycles. The quantitative estimate of drug-likeness (QED) is 0.290. The Bertz CT molecular complexity index is 239. The normalized spacial score (nSPS) is 10.7. The first-order valence-corrected chi connectivity index (χ1v) is 8.64. The Morgan fingerprint density at radius 1 is 0.762 bits per heavy atom. The number of aliphatic carboxylic acids is 1. The summed E-state index contributed by atoms with van der Waals surface area (Å²) in [5, 5.41) is 8.51. The molecule has 0 aliphatic rings. The molecule has 0 aromatic carbocycles. The van der Waals surface area contributed by atoms with Crippen LogP contribution in [0.2, 0.25) is 0 Å². The Labute approximate surface area is 143 Å². The molecule has 3 heteroatoms. The van der Waals surface area contributed by atoms with Gasteiger partial charge in [-0.25, -0.2) is 0 Å². The topological polar surface area (TPSA) is 37.3 Å². The fraction of sp³-hybridized carbons (Fsp3) is 0.833. The predicted molar refractivity (Wildman–Crippen MR) is 87.1 cm³/mol. The number of unbranched alkanes of at least 4 members (excludes halogenated alkanes) is 11. The van der Waals surface area contributed by atoms with E-state index in [0.29, 0.717) is 6.42 Å². The Kier molecular flexibility index (Phi) is 21.7. The standard InChI is InChI=1S/C18H34O2.V/c1-2-3-4-5-6-7-8-9-10-11-12-13-14-15-16-17-18(19)20;/h9-10H,2-8,11-17H2,1H3,(H,19,20);/b10-9-;. The van der Waals surface area contributed by atoms with Crippen LogP contribution in [-0.4, -0.2) is 11.1 Å². The van der Waals surface area contributed by atoms with Gasteiger partial charge in [0.1, 0.15) is 0 Å². The molecule has 1 N–H and O–H groups in total. The number of hydrogen-bond acceptors (Lipinski definition) is 1. The molecule has 0 rings (SSSR count). The van der Waals surface area contributed by atoms with Crippen molar-refractivity contribution in [1.29, 1.82) is 0 Å². The van der Waals surface area contributed by atoms with Crippen LogP contribution in [-0.2, 0) is 23.4 Å². The van der Waals surface area contributed by atoms with E-state index in [9.17, 15) is 4.79 Å². The van der Waals surface area contributed by atoms with Crippen molar-refractivity contribution in [3.63, 3.8) is 0 Å². The first-order chi connectivity index (χ1) is 9.77. The number of carboxylic acids is 1. The van der Waals surface area contributed by atoms with E-state index in [4.69, 9.17) is 5.11 Å². The van der Waals surface area contributed by atoms with Crippen LogP contribution in [0.4, 0.5) is 0 Å². The predicted octanol–water partition coefficient (Wildman–Crippen LogP) is 6.11. The number of hydrogen-bond donors (Lipinski definition) is 1. The van der Waals surface area contributed by atoms with E-state index in [1.165, 1.54) is 70.6 Å². The third-order valence-electron chi connectivity index (χ3n) is 3.65. The van der Waals surface area contributed by atoms with Crippen LogP contribution in [0.15, 0.2) is 12.2 Å². The van der Waals surface area contributed by atoms with Gasteiger partial charge < -0.3 is 5.11 Å². The third-order valence-corrected chi connectivity index (χ3v) is 3.65. The summed E-state index contributed by atoms with van der Waals surface area (Å²) in [4.78, 5) is 10.3. The van der Waals surface area contributed by atoms with Crippen molar-refractivity contribution in [2.75, 3.05) is 0 Å². The maximum Gasteiger partial charge on any atom is 0.303 e. The Hall–Kier alpha value is -0.206. The minimum Gasteiger partial charge on any atom is -0.481 e. The summed E-state index contributed by atoms with van der Waals surface area (Å²) in [5.41, 5.74) is 0. The molecule has 0 aromatic rings. The van der Waals surface area contributed by atoms with Gasteiger partial charge >= 0.3 is 5.97 Å². The van der Waals surface area contributed by atoms with E-state index >= 15 is 0 Å². The summed E-state index contributed by atoms with van der Waals surface area (Å²) in [6, 6.07) is 0. The molecule has 0 atom stereocenters. The van der Waals surface area contributed by atoms with Gasteiger partial charge in [-0.05, 0) is 32.1 Å². The second-order valence-corrected chi connectivity index (χ2v) is 5.73. The maximum absolute atomic E-state index is 10.3. The van der Waals surface area contributed by atoms with E-state index in [-0.39, 0.29) is 18.6 Å². The van der Waals surface area contributed by atoms with Gasteiger partial charge in [0.25, 0.3) is 0 Å². The fourth-order valence-electron chi connectivity index (χ4n) is 2.35. The molecule has 0 unspecified atom stereocenters. The average molecular weight is 333 g/mol. The van der Waals surface area contributed by atoms with Gasteiger partial charge in [0, 0.05) is 25.0 Å². The van der Waals surface area contributed by atoms with Crippen LogP contribution in [0.3, 0.4) is 0 Å². The smallest absolute Gasteiger partial charge is 0.303 e. The van der Waals surface area contributed by atoms with Crippen LogP contribution in [0.25, 0.3) is 0 Å². The minimum atomic E-state index is -0.664. The van der Waals surface area contributed by atoms with Gasteiger partial charge in [-0.3, -0.25) is 4.79 Å². The molecular weight excluding hydrogens is 299 g/mol. The Balaban J connectivity index is 0. The summed E-state index contributed by atoms with van der Waals surface area (Å²) in [5.74, 6) is -0.664. The largest absolute Gasteiger partial charge is 0.481 e. The monoisotopic (exact) mass is 333 g/mol. The molecular formula is C18H34O2V. The molecule has 0 spiro atoms. The Morgan fingerprint density at radius 3 is 1.67 bits per heavy atom. The van der Waals surface area contributed by atoms with Gasteiger partial charge in [0.15, 0.2) is 0 Å². The van der Waals surface area contributed by atoms with Crippen molar-refractivity contribution >= 4 is 5.97 Å². The second kappa shape index (κ2) is 19.8. The summed E-state index contributed by atoms with van der Waals surface area (Å²) in [6.45, 7) is 2.26. The number of rotatable bonds is 15. The SMILES string of the molecule is CCCCCCCC/C=C\CCCCCCCC(=O)O.[V]. The zero-order valence-corrected chi connectivity index (χ0v) is 15.3. The first kappa shape index (κ1) is 23.1. The van der Waals surface area contributed by atoms with Crippen LogP contribution in [0.5, 0.6) is 0 Å². The molecule has 0 amide bonds. The van der Waals surface area contributed by atoms with Crippen molar-refractivity contribution in [3.05, 3.63) is 12.2 Å². The molecule has 1 radical (unpaired) electrons. The van der Waals surface area contributed by atoms with E-state index < -0.39 is 5.97 Å². The summed E-state index contributed by atoms with van der Waals surface area (Å²) in [7, 11) is 0. The van der Waals surface area contributed by atoms with Crippen molar-refractivity contribution in [3.8, 4) is 0 Å². The molecule has 0 bridgehead atoms. The fourth-order valence-corrected chi connectivity index (χ4v) is 2.35. The van der Waals surface area contributed by atoms with Crippen LogP contribution < -0.4 is 0 Å². The van der Waals surface area contributed by atoms with Crippen LogP contribution in [0.1, 0.15) is 96.8 Å². The molecule has 123 valence electrons. The first-order valence-electron chi connectivity index (χ1n) is 8.64. The van der Waals surface area contributed by atoms with Gasteiger partial charge in [0.2, 0.25) is 0 Å². The molecule has 21 heavy (non-hydrogen) atoms. The van der Waals surface area contributed by atoms with E-state index in [1.807, 2.05) is 0 Å². The van der Waals surface area contributed by atoms with E-state index in [2.05, 4.69) is 19.1 Å². The Morgan fingerprint density at radius 2 is 1.19 bits per heavy atom. The number of carbonyl (C=O) groups is 1. The molecule has 0 aliphatic carbocycles. The summed E-state index contributed by atoms with van der Waals surface area (Å²) < 4.78 is 0. The van der Waals surface area contributed by atoms with Crippen molar-refractivity contribution < 1.29 is 28.5 Å². The maximum atomic E-state index is 10.3. The zero-order valence-electron chi connectivity index (χ0n) is 13.9. The average Bonchev–Trinajstić information content (AvgIpc) is 2.43. The number of allylic oxidation sites excluding steroid dienone is 2. The van der Waals surface area contributed by atoms with Gasteiger partial charge in [-0.1, -0.05) is 70.4 Å². The summed E-state index contributed by atoms with van der Waals surface area (Å²) >= 11 is 0. The van der Waals surface area contributed by atoms with E-state index in [1.54, 1.807) is 0 Å². The van der Waals surface area contributed by atoms with Gasteiger partial charge in [0.05, 0.1) is 0 Å². The molecule has 0 heterocycles. The summed E-state index contributed by atoms with van der Waals surface area (Å²) in [6.07, 6.45) is 21.2. The van der Waals surface area contributed by atoms with Crippen LogP contribution in [0, 0.1) is 0 Å². The van der Waals surface area contributed by atoms with Crippen molar-refractivity contribution in [1.82, 2.24) is 0 Å². The molecule has 2 nitrogen and oxygen atoms in total. The van der Waals surface area contributed by atoms with Crippen molar-refractivity contribution in [2.24, 2.45) is 0 Å². The van der Waals surface area contributed by atoms with Crippen molar-refractivity contribution in [2.45, 2.75) is 96.8 Å². The van der Waals surface area contributed by atoms with E-state index in [0.717, 1.165) is 12.8 Å². The molecule has 0 aromatic heterocycles. The molecule has 0 fully saturated rings. The molecule has 0 saturated carbocycles.